The topological polar surface area (TPSA) is 25.0 Å². The molecule has 1 N–H and O–H groups in total. The molecule has 0 amide bonds. The molecule has 0 aliphatic rings. The number of ether oxygens (including phenoxy) is 1. The minimum Gasteiger partial charge on any atom is -0.487 e. The number of H-pyrrole nitrogens is 1. The number of hydrogen-bond donors (Lipinski definition) is 1. The van der Waals surface area contributed by atoms with E-state index in [0.29, 0.717) is 6.61 Å². The molecule has 94 valence electrons. The number of allylic oxidation sites excluding steroid dienone is 1. The highest BCUT2D eigenvalue weighted by molar-refractivity contribution is 5.50. The van der Waals surface area contributed by atoms with Crippen LogP contribution in [0.3, 0.4) is 0 Å². The van der Waals surface area contributed by atoms with Gasteiger partial charge in [0.1, 0.15) is 12.4 Å². The van der Waals surface area contributed by atoms with Gasteiger partial charge in [-0.1, -0.05) is 23.8 Å². The Morgan fingerprint density at radius 1 is 1.17 bits per heavy atom. The molecule has 2 nitrogen and oxygen atoms in total. The third kappa shape index (κ3) is 3.04. The molecule has 0 aliphatic carbocycles. The molecule has 2 heteroatoms. The second kappa shape index (κ2) is 5.58. The first-order valence-electron chi connectivity index (χ1n) is 6.19. The van der Waals surface area contributed by atoms with Gasteiger partial charge in [-0.3, -0.25) is 0 Å². The van der Waals surface area contributed by atoms with Crippen LogP contribution in [0.25, 0.3) is 6.08 Å². The van der Waals surface area contributed by atoms with Gasteiger partial charge >= 0.3 is 0 Å². The molecule has 1 aromatic heterocycles. The summed E-state index contributed by atoms with van der Waals surface area (Å²) >= 11 is 0. The van der Waals surface area contributed by atoms with Crippen molar-refractivity contribution in [3.05, 3.63) is 58.9 Å². The molecule has 0 fully saturated rings. The first kappa shape index (κ1) is 12.5. The second-order valence-corrected chi connectivity index (χ2v) is 4.49. The van der Waals surface area contributed by atoms with Gasteiger partial charge in [-0.25, -0.2) is 0 Å². The van der Waals surface area contributed by atoms with Crippen molar-refractivity contribution >= 4 is 6.08 Å². The van der Waals surface area contributed by atoms with E-state index in [-0.39, 0.29) is 0 Å². The van der Waals surface area contributed by atoms with Gasteiger partial charge in [0.05, 0.1) is 5.69 Å². The Bertz CT molecular complexity index is 535. The van der Waals surface area contributed by atoms with Crippen molar-refractivity contribution in [3.8, 4) is 5.75 Å². The van der Waals surface area contributed by atoms with Crippen LogP contribution in [-0.4, -0.2) is 4.98 Å². The Morgan fingerprint density at radius 2 is 1.89 bits per heavy atom. The lowest BCUT2D eigenvalue weighted by molar-refractivity contribution is 0.302. The zero-order valence-electron chi connectivity index (χ0n) is 11.2. The number of benzene rings is 1. The van der Waals surface area contributed by atoms with Gasteiger partial charge in [-0.2, -0.15) is 0 Å². The number of aromatic amines is 1. The number of nitrogens with one attached hydrogen (secondary N) is 1. The van der Waals surface area contributed by atoms with Crippen LogP contribution in [0.2, 0.25) is 0 Å². The van der Waals surface area contributed by atoms with Gasteiger partial charge in [-0.05, 0) is 50.6 Å². The number of hydrogen-bond acceptors (Lipinski definition) is 1. The molecule has 0 saturated carbocycles. The fourth-order valence-corrected chi connectivity index (χ4v) is 1.86. The summed E-state index contributed by atoms with van der Waals surface area (Å²) in [6.07, 6.45) is 4.11. The summed E-state index contributed by atoms with van der Waals surface area (Å²) in [5.74, 6) is 0.903. The molecule has 2 aromatic rings. The highest BCUT2D eigenvalue weighted by Gasteiger charge is 2.02. The zero-order valence-corrected chi connectivity index (χ0v) is 11.2. The van der Waals surface area contributed by atoms with Crippen LogP contribution < -0.4 is 4.74 Å². The zero-order chi connectivity index (χ0) is 13.0. The minimum absolute atomic E-state index is 0.571. The summed E-state index contributed by atoms with van der Waals surface area (Å²) in [6.45, 7) is 6.76. The average Bonchev–Trinajstić information content (AvgIpc) is 2.70. The average molecular weight is 241 g/mol. The van der Waals surface area contributed by atoms with E-state index in [9.17, 15) is 0 Å². The molecule has 0 radical (unpaired) electrons. The van der Waals surface area contributed by atoms with Gasteiger partial charge in [0.25, 0.3) is 0 Å². The summed E-state index contributed by atoms with van der Waals surface area (Å²) in [6, 6.07) is 10.2. The lowest BCUT2D eigenvalue weighted by Crippen LogP contribution is -1.95. The molecular formula is C16H19NO. The molecular weight excluding hydrogens is 222 g/mol. The number of aromatic nitrogens is 1. The minimum atomic E-state index is 0.571. The van der Waals surface area contributed by atoms with Gasteiger partial charge in [0.15, 0.2) is 0 Å². The van der Waals surface area contributed by atoms with E-state index < -0.39 is 0 Å². The quantitative estimate of drug-likeness (QED) is 0.850. The van der Waals surface area contributed by atoms with E-state index in [2.05, 4.69) is 43.1 Å². The van der Waals surface area contributed by atoms with Crippen molar-refractivity contribution in [1.82, 2.24) is 4.98 Å². The molecule has 0 unspecified atom stereocenters. The number of aryl methyl sites for hydroxylation is 2. The normalized spacial score (nSPS) is 11.1. The lowest BCUT2D eigenvalue weighted by Gasteiger charge is -2.04. The number of rotatable bonds is 4. The van der Waals surface area contributed by atoms with Crippen molar-refractivity contribution in [2.45, 2.75) is 27.4 Å². The third-order valence-corrected chi connectivity index (χ3v) is 2.86. The maximum absolute atomic E-state index is 5.74. The highest BCUT2D eigenvalue weighted by Crippen LogP contribution is 2.16. The van der Waals surface area contributed by atoms with E-state index in [1.54, 1.807) is 0 Å². The largest absolute Gasteiger partial charge is 0.487 e. The van der Waals surface area contributed by atoms with Gasteiger partial charge in [-0.15, -0.1) is 0 Å². The Kier molecular flexibility index (Phi) is 3.88. The van der Waals surface area contributed by atoms with Crippen LogP contribution in [0.5, 0.6) is 5.75 Å². The Balaban J connectivity index is 2.02. The SMILES string of the molecule is C/C=C\c1[nH]c(COc2ccc(C)cc2)cc1C. The van der Waals surface area contributed by atoms with E-state index in [4.69, 9.17) is 4.74 Å². The van der Waals surface area contributed by atoms with Crippen molar-refractivity contribution in [2.75, 3.05) is 0 Å². The van der Waals surface area contributed by atoms with Crippen LogP contribution >= 0.6 is 0 Å². The molecule has 1 aromatic carbocycles. The van der Waals surface area contributed by atoms with E-state index in [1.807, 2.05) is 25.1 Å². The predicted molar refractivity (Wildman–Crippen MR) is 75.7 cm³/mol. The van der Waals surface area contributed by atoms with Crippen molar-refractivity contribution in [3.63, 3.8) is 0 Å². The van der Waals surface area contributed by atoms with Crippen LogP contribution in [0, 0.1) is 13.8 Å². The smallest absolute Gasteiger partial charge is 0.128 e. The Morgan fingerprint density at radius 3 is 2.56 bits per heavy atom. The van der Waals surface area contributed by atoms with Crippen LogP contribution in [-0.2, 0) is 6.61 Å². The molecule has 2 rings (SSSR count). The van der Waals surface area contributed by atoms with Crippen molar-refractivity contribution < 1.29 is 4.74 Å². The van der Waals surface area contributed by atoms with Gasteiger partial charge < -0.3 is 9.72 Å². The molecule has 0 saturated heterocycles. The van der Waals surface area contributed by atoms with Crippen molar-refractivity contribution in [2.24, 2.45) is 0 Å². The highest BCUT2D eigenvalue weighted by atomic mass is 16.5. The molecule has 0 bridgehead atoms. The summed E-state index contributed by atoms with van der Waals surface area (Å²) in [5.41, 5.74) is 4.74. The summed E-state index contributed by atoms with van der Waals surface area (Å²) in [7, 11) is 0. The van der Waals surface area contributed by atoms with Gasteiger partial charge in [0.2, 0.25) is 0 Å². The molecule has 0 spiro atoms. The molecule has 1 heterocycles. The van der Waals surface area contributed by atoms with E-state index >= 15 is 0 Å². The fraction of sp³-hybridized carbons (Fsp3) is 0.250. The maximum atomic E-state index is 5.74. The van der Waals surface area contributed by atoms with Crippen LogP contribution in [0.1, 0.15) is 29.4 Å². The first-order chi connectivity index (χ1) is 8.69. The maximum Gasteiger partial charge on any atom is 0.128 e. The van der Waals surface area contributed by atoms with Crippen LogP contribution in [0.4, 0.5) is 0 Å². The lowest BCUT2D eigenvalue weighted by atomic mass is 10.2. The summed E-state index contributed by atoms with van der Waals surface area (Å²) in [4.78, 5) is 3.35. The van der Waals surface area contributed by atoms with E-state index in [0.717, 1.165) is 17.1 Å². The predicted octanol–water partition coefficient (Wildman–Crippen LogP) is 4.24. The molecule has 0 atom stereocenters. The summed E-state index contributed by atoms with van der Waals surface area (Å²) < 4.78 is 5.74. The first-order valence-corrected chi connectivity index (χ1v) is 6.19. The van der Waals surface area contributed by atoms with Crippen molar-refractivity contribution in [1.29, 1.82) is 0 Å². The summed E-state index contributed by atoms with van der Waals surface area (Å²) in [5, 5.41) is 0. The monoisotopic (exact) mass is 241 g/mol. The Labute approximate surface area is 108 Å². The second-order valence-electron chi connectivity index (χ2n) is 4.49. The standard InChI is InChI=1S/C16H19NO/c1-4-5-16-13(3)10-14(17-16)11-18-15-8-6-12(2)7-9-15/h4-10,17H,11H2,1-3H3/b5-4-. The Hall–Kier alpha value is -1.96. The van der Waals surface area contributed by atoms with Crippen LogP contribution in [0.15, 0.2) is 36.4 Å². The third-order valence-electron chi connectivity index (χ3n) is 2.86. The molecule has 0 aliphatic heterocycles. The van der Waals surface area contributed by atoms with E-state index in [1.165, 1.54) is 11.1 Å². The molecule has 18 heavy (non-hydrogen) atoms. The fourth-order valence-electron chi connectivity index (χ4n) is 1.86. The van der Waals surface area contributed by atoms with Gasteiger partial charge in [0, 0.05) is 5.69 Å².